The van der Waals surface area contributed by atoms with E-state index in [1.807, 2.05) is 32.9 Å². The van der Waals surface area contributed by atoms with Crippen LogP contribution in [-0.2, 0) is 0 Å². The molecule has 17 heavy (non-hydrogen) atoms. The lowest BCUT2D eigenvalue weighted by Gasteiger charge is -2.19. The van der Waals surface area contributed by atoms with Crippen molar-refractivity contribution >= 4 is 18.5 Å². The fourth-order valence-corrected chi connectivity index (χ4v) is 1.64. The van der Waals surface area contributed by atoms with Crippen LogP contribution >= 0.6 is 12.6 Å². The molecule has 0 aliphatic rings. The molecule has 0 radical (unpaired) electrons. The van der Waals surface area contributed by atoms with E-state index in [-0.39, 0.29) is 24.5 Å². The number of amides is 1. The molecule has 0 aliphatic carbocycles. The van der Waals surface area contributed by atoms with Gasteiger partial charge in [0.2, 0.25) is 0 Å². The number of thiol groups is 1. The molecule has 0 bridgehead atoms. The molecule has 2 unspecified atom stereocenters. The number of nitrogens with one attached hydrogen (secondary N) is 1. The number of carbonyl (C=O) groups excluding carboxylic acids is 1. The van der Waals surface area contributed by atoms with Gasteiger partial charge in [0.15, 0.2) is 0 Å². The first-order chi connectivity index (χ1) is 7.95. The number of aliphatic hydroxyl groups is 1. The van der Waals surface area contributed by atoms with Crippen LogP contribution in [0.3, 0.4) is 0 Å². The van der Waals surface area contributed by atoms with Gasteiger partial charge in [0.1, 0.15) is 0 Å². The van der Waals surface area contributed by atoms with Crippen molar-refractivity contribution in [2.45, 2.75) is 31.7 Å². The van der Waals surface area contributed by atoms with E-state index in [0.717, 1.165) is 10.5 Å². The Bertz CT molecular complexity index is 406. The zero-order chi connectivity index (χ0) is 13.0. The molecule has 0 fully saturated rings. The molecule has 2 atom stereocenters. The second-order valence-electron chi connectivity index (χ2n) is 4.42. The van der Waals surface area contributed by atoms with Crippen LogP contribution in [0.2, 0.25) is 0 Å². The maximum Gasteiger partial charge on any atom is 0.251 e. The third-order valence-electron chi connectivity index (χ3n) is 2.97. The molecule has 1 amide bonds. The van der Waals surface area contributed by atoms with Crippen molar-refractivity contribution in [2.75, 3.05) is 6.61 Å². The minimum atomic E-state index is -0.119. The molecule has 2 N–H and O–H groups in total. The van der Waals surface area contributed by atoms with Crippen LogP contribution < -0.4 is 5.32 Å². The Balaban J connectivity index is 2.79. The second kappa shape index (κ2) is 6.07. The summed E-state index contributed by atoms with van der Waals surface area (Å²) in [5.41, 5.74) is 1.55. The van der Waals surface area contributed by atoms with Crippen LogP contribution in [0.5, 0.6) is 0 Å². The van der Waals surface area contributed by atoms with Crippen LogP contribution in [0.25, 0.3) is 0 Å². The van der Waals surface area contributed by atoms with Gasteiger partial charge >= 0.3 is 0 Å². The summed E-state index contributed by atoms with van der Waals surface area (Å²) in [5.74, 6) is -0.0790. The van der Waals surface area contributed by atoms with E-state index < -0.39 is 0 Å². The number of hydrogen-bond donors (Lipinski definition) is 3. The number of hydrogen-bond acceptors (Lipinski definition) is 3. The van der Waals surface area contributed by atoms with Gasteiger partial charge in [-0.1, -0.05) is 13.0 Å². The lowest BCUT2D eigenvalue weighted by Crippen LogP contribution is -2.38. The summed E-state index contributed by atoms with van der Waals surface area (Å²) in [6.07, 6.45) is 0. The lowest BCUT2D eigenvalue weighted by atomic mass is 10.0. The van der Waals surface area contributed by atoms with Gasteiger partial charge in [-0.2, -0.15) is 0 Å². The molecular weight excluding hydrogens is 234 g/mol. The first kappa shape index (κ1) is 14.1. The summed E-state index contributed by atoms with van der Waals surface area (Å²) in [5, 5.41) is 11.9. The third kappa shape index (κ3) is 3.75. The van der Waals surface area contributed by atoms with Crippen molar-refractivity contribution in [2.24, 2.45) is 5.92 Å². The Morgan fingerprint density at radius 3 is 2.71 bits per heavy atom. The average molecular weight is 253 g/mol. The van der Waals surface area contributed by atoms with E-state index in [9.17, 15) is 4.79 Å². The van der Waals surface area contributed by atoms with Crippen molar-refractivity contribution in [3.63, 3.8) is 0 Å². The number of rotatable bonds is 4. The highest BCUT2D eigenvalue weighted by atomic mass is 32.1. The topological polar surface area (TPSA) is 49.3 Å². The van der Waals surface area contributed by atoms with Crippen LogP contribution in [-0.4, -0.2) is 23.7 Å². The molecule has 0 aliphatic heterocycles. The van der Waals surface area contributed by atoms with Crippen LogP contribution in [0.15, 0.2) is 23.1 Å². The number of aliphatic hydroxyl groups excluding tert-OH is 1. The number of carbonyl (C=O) groups is 1. The van der Waals surface area contributed by atoms with E-state index in [1.54, 1.807) is 6.07 Å². The summed E-state index contributed by atoms with van der Waals surface area (Å²) >= 11 is 4.23. The highest BCUT2D eigenvalue weighted by molar-refractivity contribution is 7.80. The first-order valence-corrected chi connectivity index (χ1v) is 6.11. The fraction of sp³-hybridized carbons (Fsp3) is 0.462. The quantitative estimate of drug-likeness (QED) is 0.719. The number of aryl methyl sites for hydroxylation is 1. The molecule has 94 valence electrons. The second-order valence-corrected chi connectivity index (χ2v) is 4.94. The zero-order valence-electron chi connectivity index (χ0n) is 10.4. The minimum Gasteiger partial charge on any atom is -0.396 e. The van der Waals surface area contributed by atoms with Gasteiger partial charge in [0, 0.05) is 23.1 Å². The SMILES string of the molecule is Cc1ccc(S)cc1C(=O)NC(C)C(C)CO. The zero-order valence-corrected chi connectivity index (χ0v) is 11.3. The van der Waals surface area contributed by atoms with Crippen molar-refractivity contribution < 1.29 is 9.90 Å². The molecule has 0 saturated heterocycles. The van der Waals surface area contributed by atoms with Crippen LogP contribution in [0, 0.1) is 12.8 Å². The summed E-state index contributed by atoms with van der Waals surface area (Å²) < 4.78 is 0. The number of benzene rings is 1. The van der Waals surface area contributed by atoms with Gasteiger partial charge in [0.05, 0.1) is 0 Å². The molecular formula is C13H19NO2S. The summed E-state index contributed by atoms with van der Waals surface area (Å²) in [7, 11) is 0. The summed E-state index contributed by atoms with van der Waals surface area (Å²) in [6, 6.07) is 5.42. The highest BCUT2D eigenvalue weighted by Gasteiger charge is 2.16. The predicted molar refractivity (Wildman–Crippen MR) is 71.6 cm³/mol. The van der Waals surface area contributed by atoms with Crippen molar-refractivity contribution in [3.05, 3.63) is 29.3 Å². The maximum atomic E-state index is 12.0. The van der Waals surface area contributed by atoms with E-state index >= 15 is 0 Å². The van der Waals surface area contributed by atoms with E-state index in [0.29, 0.717) is 5.56 Å². The Morgan fingerprint density at radius 2 is 2.12 bits per heavy atom. The summed E-state index contributed by atoms with van der Waals surface area (Å²) in [4.78, 5) is 12.8. The molecule has 1 aromatic rings. The maximum absolute atomic E-state index is 12.0. The van der Waals surface area contributed by atoms with Gasteiger partial charge in [-0.3, -0.25) is 4.79 Å². The van der Waals surface area contributed by atoms with Crippen molar-refractivity contribution in [1.82, 2.24) is 5.32 Å². The Hall–Kier alpha value is -1.00. The standard InChI is InChI=1S/C13H19NO2S/c1-8-4-5-11(17)6-12(8)13(16)14-10(3)9(2)7-15/h4-6,9-10,15,17H,7H2,1-3H3,(H,14,16). The Kier molecular flexibility index (Phi) is 5.02. The first-order valence-electron chi connectivity index (χ1n) is 5.67. The fourth-order valence-electron chi connectivity index (χ4n) is 1.44. The van der Waals surface area contributed by atoms with Crippen molar-refractivity contribution in [1.29, 1.82) is 0 Å². The van der Waals surface area contributed by atoms with Gasteiger partial charge in [-0.25, -0.2) is 0 Å². The molecule has 1 rings (SSSR count). The normalized spacial score (nSPS) is 14.2. The minimum absolute atomic E-state index is 0.0402. The van der Waals surface area contributed by atoms with E-state index in [4.69, 9.17) is 5.11 Å². The monoisotopic (exact) mass is 253 g/mol. The highest BCUT2D eigenvalue weighted by Crippen LogP contribution is 2.14. The predicted octanol–water partition coefficient (Wildman–Crippen LogP) is 2.03. The molecule has 0 saturated carbocycles. The molecule has 4 heteroatoms. The third-order valence-corrected chi connectivity index (χ3v) is 3.24. The van der Waals surface area contributed by atoms with Crippen LogP contribution in [0.1, 0.15) is 29.8 Å². The molecule has 0 heterocycles. The molecule has 0 spiro atoms. The van der Waals surface area contributed by atoms with E-state index in [2.05, 4.69) is 17.9 Å². The van der Waals surface area contributed by atoms with Crippen LogP contribution in [0.4, 0.5) is 0 Å². The van der Waals surface area contributed by atoms with Gasteiger partial charge in [0.25, 0.3) is 5.91 Å². The Labute approximate surface area is 108 Å². The van der Waals surface area contributed by atoms with Crippen molar-refractivity contribution in [3.8, 4) is 0 Å². The summed E-state index contributed by atoms with van der Waals surface area (Å²) in [6.45, 7) is 5.74. The average Bonchev–Trinajstić information content (AvgIpc) is 2.30. The molecule has 1 aromatic carbocycles. The molecule has 3 nitrogen and oxygen atoms in total. The smallest absolute Gasteiger partial charge is 0.251 e. The molecule has 0 aromatic heterocycles. The van der Waals surface area contributed by atoms with E-state index in [1.165, 1.54) is 0 Å². The van der Waals surface area contributed by atoms with Gasteiger partial charge in [-0.05, 0) is 37.5 Å². The van der Waals surface area contributed by atoms with Gasteiger partial charge < -0.3 is 10.4 Å². The van der Waals surface area contributed by atoms with Gasteiger partial charge in [-0.15, -0.1) is 12.6 Å². The largest absolute Gasteiger partial charge is 0.396 e. The lowest BCUT2D eigenvalue weighted by molar-refractivity contribution is 0.0915. The Morgan fingerprint density at radius 1 is 1.47 bits per heavy atom.